The Bertz CT molecular complexity index is 564. The van der Waals surface area contributed by atoms with Crippen molar-refractivity contribution < 1.29 is 4.79 Å². The lowest BCUT2D eigenvalue weighted by Crippen LogP contribution is -2.49. The Labute approximate surface area is 150 Å². The number of thioether (sulfide) groups is 1. The van der Waals surface area contributed by atoms with Gasteiger partial charge in [-0.2, -0.15) is 0 Å². The SMILES string of the molecule is CN1[C@@H]2CC[C@@H]1CC(NC(=O)CSc1ccc(C(C)(C)C)cc1)C2. The molecular formula is C20H30N2OS. The normalized spacial score (nSPS) is 27.2. The molecule has 1 amide bonds. The van der Waals surface area contributed by atoms with Gasteiger partial charge in [0.15, 0.2) is 0 Å². The van der Waals surface area contributed by atoms with Crippen LogP contribution in [0.4, 0.5) is 0 Å². The van der Waals surface area contributed by atoms with Gasteiger partial charge in [0.2, 0.25) is 5.91 Å². The monoisotopic (exact) mass is 346 g/mol. The zero-order valence-electron chi connectivity index (χ0n) is 15.3. The van der Waals surface area contributed by atoms with Crippen LogP contribution >= 0.6 is 11.8 Å². The number of fused-ring (bicyclic) bond motifs is 2. The highest BCUT2D eigenvalue weighted by Gasteiger charge is 2.38. The Kier molecular flexibility index (Phi) is 5.26. The predicted octanol–water partition coefficient (Wildman–Crippen LogP) is 3.82. The molecule has 2 heterocycles. The van der Waals surface area contributed by atoms with Gasteiger partial charge in [-0.3, -0.25) is 4.79 Å². The van der Waals surface area contributed by atoms with Crippen molar-refractivity contribution in [3.8, 4) is 0 Å². The molecule has 1 aromatic carbocycles. The van der Waals surface area contributed by atoms with Gasteiger partial charge >= 0.3 is 0 Å². The molecule has 3 rings (SSSR count). The van der Waals surface area contributed by atoms with Crippen molar-refractivity contribution in [1.29, 1.82) is 0 Å². The molecule has 0 aromatic heterocycles. The van der Waals surface area contributed by atoms with Crippen LogP contribution in [0.15, 0.2) is 29.2 Å². The summed E-state index contributed by atoms with van der Waals surface area (Å²) in [6, 6.07) is 10.3. The van der Waals surface area contributed by atoms with Crippen molar-refractivity contribution in [2.75, 3.05) is 12.8 Å². The minimum atomic E-state index is 0.175. The lowest BCUT2D eigenvalue weighted by Gasteiger charge is -2.36. The predicted molar refractivity (Wildman–Crippen MR) is 102 cm³/mol. The van der Waals surface area contributed by atoms with E-state index in [1.807, 2.05) is 0 Å². The second kappa shape index (κ2) is 7.09. The van der Waals surface area contributed by atoms with Crippen LogP contribution in [-0.2, 0) is 10.2 Å². The Balaban J connectivity index is 1.46. The van der Waals surface area contributed by atoms with Crippen molar-refractivity contribution in [1.82, 2.24) is 10.2 Å². The summed E-state index contributed by atoms with van der Waals surface area (Å²) < 4.78 is 0. The van der Waals surface area contributed by atoms with E-state index in [4.69, 9.17) is 0 Å². The highest BCUT2D eigenvalue weighted by atomic mass is 32.2. The van der Waals surface area contributed by atoms with E-state index in [-0.39, 0.29) is 11.3 Å². The van der Waals surface area contributed by atoms with E-state index >= 15 is 0 Å². The van der Waals surface area contributed by atoms with Crippen molar-refractivity contribution in [2.24, 2.45) is 0 Å². The molecule has 132 valence electrons. The van der Waals surface area contributed by atoms with Crippen LogP contribution in [-0.4, -0.2) is 41.7 Å². The van der Waals surface area contributed by atoms with Crippen molar-refractivity contribution in [3.05, 3.63) is 29.8 Å². The lowest BCUT2D eigenvalue weighted by molar-refractivity contribution is -0.119. The van der Waals surface area contributed by atoms with Crippen molar-refractivity contribution in [3.63, 3.8) is 0 Å². The molecule has 2 saturated heterocycles. The highest BCUT2D eigenvalue weighted by molar-refractivity contribution is 8.00. The molecule has 2 aliphatic heterocycles. The summed E-state index contributed by atoms with van der Waals surface area (Å²) in [6.07, 6.45) is 4.82. The number of piperidine rings is 1. The maximum Gasteiger partial charge on any atom is 0.230 e. The molecule has 4 heteroatoms. The van der Waals surface area contributed by atoms with Crippen molar-refractivity contribution >= 4 is 17.7 Å². The molecule has 0 radical (unpaired) electrons. The molecule has 0 unspecified atom stereocenters. The topological polar surface area (TPSA) is 32.3 Å². The fourth-order valence-electron chi connectivity index (χ4n) is 4.00. The van der Waals surface area contributed by atoms with E-state index in [2.05, 4.69) is 62.3 Å². The summed E-state index contributed by atoms with van der Waals surface area (Å²) in [5.74, 6) is 0.685. The van der Waals surface area contributed by atoms with Gasteiger partial charge in [-0.1, -0.05) is 32.9 Å². The molecular weight excluding hydrogens is 316 g/mol. The van der Waals surface area contributed by atoms with Gasteiger partial charge in [-0.15, -0.1) is 11.8 Å². The number of nitrogens with one attached hydrogen (secondary N) is 1. The third-order valence-electron chi connectivity index (χ3n) is 5.55. The Morgan fingerprint density at radius 2 is 1.75 bits per heavy atom. The molecule has 0 saturated carbocycles. The smallest absolute Gasteiger partial charge is 0.230 e. The number of carbonyl (C=O) groups is 1. The van der Waals surface area contributed by atoms with Crippen LogP contribution < -0.4 is 5.32 Å². The van der Waals surface area contributed by atoms with E-state index < -0.39 is 0 Å². The molecule has 1 N–H and O–H groups in total. The lowest BCUT2D eigenvalue weighted by atomic mass is 9.87. The average molecular weight is 347 g/mol. The van der Waals surface area contributed by atoms with E-state index in [1.54, 1.807) is 11.8 Å². The van der Waals surface area contributed by atoms with Crippen LogP contribution in [0.5, 0.6) is 0 Å². The van der Waals surface area contributed by atoms with Crippen LogP contribution in [0.25, 0.3) is 0 Å². The molecule has 24 heavy (non-hydrogen) atoms. The van der Waals surface area contributed by atoms with Gasteiger partial charge in [0.1, 0.15) is 0 Å². The second-order valence-corrected chi connectivity index (χ2v) is 9.40. The standard InChI is InChI=1S/C20H30N2OS/c1-20(2,3)14-5-9-18(10-6-14)24-13-19(23)21-15-11-16-7-8-17(12-15)22(16)4/h5-6,9-10,15-17H,7-8,11-13H2,1-4H3,(H,21,23)/t16-,17-/m1/s1. The average Bonchev–Trinajstić information content (AvgIpc) is 2.74. The molecule has 2 atom stereocenters. The minimum absolute atomic E-state index is 0.175. The summed E-state index contributed by atoms with van der Waals surface area (Å²) >= 11 is 1.63. The first kappa shape index (κ1) is 17.8. The molecule has 2 fully saturated rings. The van der Waals surface area contributed by atoms with Gasteiger partial charge in [0, 0.05) is 23.0 Å². The van der Waals surface area contributed by atoms with Crippen LogP contribution in [0.1, 0.15) is 52.0 Å². The third kappa shape index (κ3) is 4.15. The first-order chi connectivity index (χ1) is 11.3. The van der Waals surface area contributed by atoms with Gasteiger partial charge in [0.25, 0.3) is 0 Å². The van der Waals surface area contributed by atoms with Gasteiger partial charge < -0.3 is 10.2 Å². The maximum atomic E-state index is 12.3. The fraction of sp³-hybridized carbons (Fsp3) is 0.650. The highest BCUT2D eigenvalue weighted by Crippen LogP contribution is 2.34. The number of hydrogen-bond donors (Lipinski definition) is 1. The number of nitrogens with zero attached hydrogens (tertiary/aromatic N) is 1. The van der Waals surface area contributed by atoms with E-state index in [0.717, 1.165) is 12.8 Å². The number of benzene rings is 1. The molecule has 1 aromatic rings. The molecule has 3 nitrogen and oxygen atoms in total. The van der Waals surface area contributed by atoms with Gasteiger partial charge in [0.05, 0.1) is 5.75 Å². The zero-order valence-corrected chi connectivity index (χ0v) is 16.2. The molecule has 2 bridgehead atoms. The Hall–Kier alpha value is -1.00. The van der Waals surface area contributed by atoms with Crippen LogP contribution in [0.2, 0.25) is 0 Å². The van der Waals surface area contributed by atoms with E-state index in [1.165, 1.54) is 23.3 Å². The summed E-state index contributed by atoms with van der Waals surface area (Å²) in [4.78, 5) is 16.0. The quantitative estimate of drug-likeness (QED) is 0.841. The number of hydrogen-bond acceptors (Lipinski definition) is 3. The molecule has 2 aliphatic rings. The first-order valence-electron chi connectivity index (χ1n) is 9.07. The summed E-state index contributed by atoms with van der Waals surface area (Å²) in [5.41, 5.74) is 1.51. The van der Waals surface area contributed by atoms with Gasteiger partial charge in [-0.05, 0) is 55.8 Å². The van der Waals surface area contributed by atoms with Crippen molar-refractivity contribution in [2.45, 2.75) is 74.9 Å². The number of carbonyl (C=O) groups excluding carboxylic acids is 1. The van der Waals surface area contributed by atoms with Crippen LogP contribution in [0.3, 0.4) is 0 Å². The van der Waals surface area contributed by atoms with E-state index in [0.29, 0.717) is 23.9 Å². The molecule has 0 aliphatic carbocycles. The summed E-state index contributed by atoms with van der Waals surface area (Å²) in [7, 11) is 2.23. The summed E-state index contributed by atoms with van der Waals surface area (Å²) in [6.45, 7) is 6.66. The van der Waals surface area contributed by atoms with Gasteiger partial charge in [-0.25, -0.2) is 0 Å². The maximum absolute atomic E-state index is 12.3. The fourth-order valence-corrected chi connectivity index (χ4v) is 4.71. The Morgan fingerprint density at radius 1 is 1.17 bits per heavy atom. The molecule has 0 spiro atoms. The zero-order chi connectivity index (χ0) is 17.3. The first-order valence-corrected chi connectivity index (χ1v) is 10.1. The Morgan fingerprint density at radius 3 is 2.29 bits per heavy atom. The third-order valence-corrected chi connectivity index (χ3v) is 6.57. The van der Waals surface area contributed by atoms with E-state index in [9.17, 15) is 4.79 Å². The minimum Gasteiger partial charge on any atom is -0.353 e. The number of amides is 1. The largest absolute Gasteiger partial charge is 0.353 e. The second-order valence-electron chi connectivity index (χ2n) is 8.35. The number of rotatable bonds is 4. The van der Waals surface area contributed by atoms with Crippen LogP contribution in [0, 0.1) is 0 Å². The summed E-state index contributed by atoms with van der Waals surface area (Å²) in [5, 5.41) is 3.26.